The Morgan fingerprint density at radius 2 is 1.96 bits per heavy atom. The van der Waals surface area contributed by atoms with E-state index in [4.69, 9.17) is 14.2 Å². The molecule has 0 aliphatic carbocycles. The summed E-state index contributed by atoms with van der Waals surface area (Å²) in [4.78, 5) is 17.5. The van der Waals surface area contributed by atoms with E-state index in [1.54, 1.807) is 28.3 Å². The van der Waals surface area contributed by atoms with E-state index < -0.39 is 0 Å². The molecule has 0 aromatic carbocycles. The van der Waals surface area contributed by atoms with Gasteiger partial charge in [0.2, 0.25) is 5.91 Å². The number of hydrogen-bond acceptors (Lipinski definition) is 5. The van der Waals surface area contributed by atoms with Crippen LogP contribution in [0.2, 0.25) is 0 Å². The van der Waals surface area contributed by atoms with Crippen LogP contribution in [0.1, 0.15) is 12.8 Å². The molecule has 0 saturated carbocycles. The van der Waals surface area contributed by atoms with Crippen LogP contribution in [-0.4, -0.2) is 90.1 Å². The summed E-state index contributed by atoms with van der Waals surface area (Å²) in [5, 5.41) is 6.42. The topological polar surface area (TPSA) is 84.4 Å². The fourth-order valence-electron chi connectivity index (χ4n) is 2.18. The van der Waals surface area contributed by atoms with Crippen LogP contribution in [0.4, 0.5) is 0 Å². The lowest BCUT2D eigenvalue weighted by molar-refractivity contribution is -0.127. The van der Waals surface area contributed by atoms with Gasteiger partial charge in [-0.05, 0) is 0 Å². The first-order valence-corrected chi connectivity index (χ1v) is 7.87. The molecule has 0 radical (unpaired) electrons. The molecule has 1 rings (SSSR count). The summed E-state index contributed by atoms with van der Waals surface area (Å²) >= 11 is 0. The molecule has 0 aromatic rings. The molecule has 8 nitrogen and oxygen atoms in total. The standard InChI is InChI=1S/C15H30N4O4/c1-19(2)13(20)11-17-14(16-7-10-21-3)18-12-15(22-4)5-8-23-9-6-15/h5-12H2,1-4H3,(H2,16,17,18). The third kappa shape index (κ3) is 7.15. The zero-order valence-electron chi connectivity index (χ0n) is 14.7. The Morgan fingerprint density at radius 3 is 2.52 bits per heavy atom. The van der Waals surface area contributed by atoms with Gasteiger partial charge in [-0.3, -0.25) is 4.79 Å². The largest absolute Gasteiger partial charge is 0.383 e. The second kappa shape index (κ2) is 10.4. The van der Waals surface area contributed by atoms with Crippen LogP contribution in [0.5, 0.6) is 0 Å². The van der Waals surface area contributed by atoms with Gasteiger partial charge >= 0.3 is 0 Å². The normalized spacial score (nSPS) is 17.7. The van der Waals surface area contributed by atoms with Crippen molar-refractivity contribution in [2.75, 3.05) is 67.8 Å². The van der Waals surface area contributed by atoms with E-state index in [-0.39, 0.29) is 18.1 Å². The fourth-order valence-corrected chi connectivity index (χ4v) is 2.18. The van der Waals surface area contributed by atoms with Gasteiger partial charge in [-0.25, -0.2) is 4.99 Å². The number of ether oxygens (including phenoxy) is 3. The Bertz CT molecular complexity index is 382. The quantitative estimate of drug-likeness (QED) is 0.353. The molecular formula is C15H30N4O4. The number of hydrogen-bond donors (Lipinski definition) is 2. The summed E-state index contributed by atoms with van der Waals surface area (Å²) < 4.78 is 16.1. The van der Waals surface area contributed by atoms with E-state index in [9.17, 15) is 4.79 Å². The Morgan fingerprint density at radius 1 is 1.26 bits per heavy atom. The molecule has 0 bridgehead atoms. The van der Waals surface area contributed by atoms with Crippen molar-refractivity contribution in [3.63, 3.8) is 0 Å². The lowest BCUT2D eigenvalue weighted by Gasteiger charge is -2.36. The highest BCUT2D eigenvalue weighted by molar-refractivity contribution is 5.84. The first kappa shape index (κ1) is 19.7. The van der Waals surface area contributed by atoms with Gasteiger partial charge in [0, 0.05) is 67.5 Å². The maximum absolute atomic E-state index is 11.7. The van der Waals surface area contributed by atoms with Gasteiger partial charge in [0.25, 0.3) is 0 Å². The van der Waals surface area contributed by atoms with Gasteiger partial charge in [-0.15, -0.1) is 0 Å². The third-order valence-corrected chi connectivity index (χ3v) is 3.88. The lowest BCUT2D eigenvalue weighted by atomic mass is 9.94. The SMILES string of the molecule is COCCNC(=NCC(=O)N(C)C)NCC1(OC)CCOCC1. The minimum absolute atomic E-state index is 0.0506. The van der Waals surface area contributed by atoms with Gasteiger partial charge in [0.05, 0.1) is 12.2 Å². The second-order valence-corrected chi connectivity index (χ2v) is 5.73. The molecule has 1 heterocycles. The van der Waals surface area contributed by atoms with Gasteiger partial charge in [-0.2, -0.15) is 0 Å². The van der Waals surface area contributed by atoms with E-state index in [1.807, 2.05) is 0 Å². The van der Waals surface area contributed by atoms with Crippen molar-refractivity contribution in [2.24, 2.45) is 4.99 Å². The molecular weight excluding hydrogens is 300 g/mol. The summed E-state index contributed by atoms with van der Waals surface area (Å²) in [6.07, 6.45) is 1.66. The first-order valence-electron chi connectivity index (χ1n) is 7.87. The zero-order chi connectivity index (χ0) is 17.1. The predicted octanol–water partition coefficient (Wildman–Crippen LogP) is -0.548. The highest BCUT2D eigenvalue weighted by Crippen LogP contribution is 2.23. The number of methoxy groups -OCH3 is 2. The number of nitrogens with zero attached hydrogens (tertiary/aromatic N) is 2. The van der Waals surface area contributed by atoms with Crippen LogP contribution >= 0.6 is 0 Å². The molecule has 0 atom stereocenters. The Kier molecular flexibility index (Phi) is 8.90. The van der Waals surface area contributed by atoms with Crippen molar-refractivity contribution in [1.82, 2.24) is 15.5 Å². The molecule has 0 unspecified atom stereocenters. The van der Waals surface area contributed by atoms with Crippen LogP contribution in [0, 0.1) is 0 Å². The highest BCUT2D eigenvalue weighted by Gasteiger charge is 2.32. The van der Waals surface area contributed by atoms with Crippen molar-refractivity contribution >= 4 is 11.9 Å². The van der Waals surface area contributed by atoms with Crippen LogP contribution < -0.4 is 10.6 Å². The van der Waals surface area contributed by atoms with Crippen molar-refractivity contribution in [2.45, 2.75) is 18.4 Å². The van der Waals surface area contributed by atoms with Crippen LogP contribution in [0.3, 0.4) is 0 Å². The van der Waals surface area contributed by atoms with Crippen molar-refractivity contribution in [3.05, 3.63) is 0 Å². The molecule has 1 fully saturated rings. The maximum atomic E-state index is 11.7. The molecule has 8 heteroatoms. The molecule has 1 saturated heterocycles. The van der Waals surface area contributed by atoms with Crippen molar-refractivity contribution in [3.8, 4) is 0 Å². The summed E-state index contributed by atoms with van der Waals surface area (Å²) in [5.41, 5.74) is -0.256. The number of carbonyl (C=O) groups is 1. The number of carbonyl (C=O) groups excluding carboxylic acids is 1. The molecule has 1 aliphatic heterocycles. The summed E-state index contributed by atoms with van der Waals surface area (Å²) in [5.74, 6) is 0.533. The number of aliphatic imine (C=N–C) groups is 1. The molecule has 1 aliphatic rings. The van der Waals surface area contributed by atoms with Gasteiger partial charge in [0.1, 0.15) is 6.54 Å². The maximum Gasteiger partial charge on any atom is 0.243 e. The third-order valence-electron chi connectivity index (χ3n) is 3.88. The zero-order valence-corrected chi connectivity index (χ0v) is 14.7. The van der Waals surface area contributed by atoms with E-state index in [1.165, 1.54) is 4.90 Å². The number of nitrogens with one attached hydrogen (secondary N) is 2. The summed E-state index contributed by atoms with van der Waals surface area (Å²) in [7, 11) is 6.79. The molecule has 0 spiro atoms. The molecule has 2 N–H and O–H groups in total. The van der Waals surface area contributed by atoms with E-state index in [0.29, 0.717) is 38.9 Å². The van der Waals surface area contributed by atoms with Crippen LogP contribution in [0.15, 0.2) is 4.99 Å². The summed E-state index contributed by atoms with van der Waals surface area (Å²) in [6.45, 7) is 3.27. The van der Waals surface area contributed by atoms with Crippen LogP contribution in [0.25, 0.3) is 0 Å². The number of guanidine groups is 1. The average molecular weight is 330 g/mol. The minimum Gasteiger partial charge on any atom is -0.383 e. The molecule has 134 valence electrons. The summed E-state index contributed by atoms with van der Waals surface area (Å²) in [6, 6.07) is 0. The van der Waals surface area contributed by atoms with E-state index in [0.717, 1.165) is 12.8 Å². The van der Waals surface area contributed by atoms with Gasteiger partial charge in [-0.1, -0.05) is 0 Å². The van der Waals surface area contributed by atoms with E-state index >= 15 is 0 Å². The molecule has 0 aromatic heterocycles. The number of amides is 1. The van der Waals surface area contributed by atoms with Crippen LogP contribution in [-0.2, 0) is 19.0 Å². The number of rotatable bonds is 8. The van der Waals surface area contributed by atoms with Crippen molar-refractivity contribution < 1.29 is 19.0 Å². The van der Waals surface area contributed by atoms with Gasteiger partial charge < -0.3 is 29.7 Å². The van der Waals surface area contributed by atoms with Crippen molar-refractivity contribution in [1.29, 1.82) is 0 Å². The van der Waals surface area contributed by atoms with Gasteiger partial charge in [0.15, 0.2) is 5.96 Å². The smallest absolute Gasteiger partial charge is 0.243 e. The minimum atomic E-state index is -0.256. The Hall–Kier alpha value is -1.38. The fraction of sp³-hybridized carbons (Fsp3) is 0.867. The predicted molar refractivity (Wildman–Crippen MR) is 88.7 cm³/mol. The first-order chi connectivity index (χ1) is 11.0. The Labute approximate surface area is 138 Å². The monoisotopic (exact) mass is 330 g/mol. The molecule has 1 amide bonds. The highest BCUT2D eigenvalue weighted by atomic mass is 16.5. The average Bonchev–Trinajstić information content (AvgIpc) is 2.57. The second-order valence-electron chi connectivity index (χ2n) is 5.73. The lowest BCUT2D eigenvalue weighted by Crippen LogP contribution is -2.51. The molecule has 23 heavy (non-hydrogen) atoms. The number of likely N-dealkylation sites (N-methyl/N-ethyl adjacent to an activating group) is 1. The Balaban J connectivity index is 2.59. The van der Waals surface area contributed by atoms with E-state index in [2.05, 4.69) is 15.6 Å².